The van der Waals surface area contributed by atoms with Gasteiger partial charge in [0, 0.05) is 6.07 Å². The van der Waals surface area contributed by atoms with Gasteiger partial charge in [-0.1, -0.05) is 18.2 Å². The van der Waals surface area contributed by atoms with Crippen molar-refractivity contribution in [3.63, 3.8) is 0 Å². The second-order valence-electron chi connectivity index (χ2n) is 4.86. The van der Waals surface area contributed by atoms with E-state index in [1.807, 2.05) is 0 Å². The highest BCUT2D eigenvalue weighted by Crippen LogP contribution is 2.29. The van der Waals surface area contributed by atoms with Crippen LogP contribution in [0.3, 0.4) is 0 Å². The average Bonchev–Trinajstić information content (AvgIpc) is 2.87. The monoisotopic (exact) mass is 384 g/mol. The molecule has 0 atom stereocenters. The number of fused-ring (bicyclic) bond motifs is 1. The molecule has 0 saturated carbocycles. The third-order valence-electron chi connectivity index (χ3n) is 3.21. The number of hydrogen-bond donors (Lipinski definition) is 1. The fourth-order valence-electron chi connectivity index (χ4n) is 2.06. The summed E-state index contributed by atoms with van der Waals surface area (Å²) in [6, 6.07) is 7.66. The number of alkyl halides is 3. The van der Waals surface area contributed by atoms with Crippen LogP contribution in [0.1, 0.15) is 17.0 Å². The highest BCUT2D eigenvalue weighted by Gasteiger charge is 2.29. The summed E-state index contributed by atoms with van der Waals surface area (Å²) in [7, 11) is 0. The Balaban J connectivity index is 1.85. The number of aromatic nitrogens is 2. The van der Waals surface area contributed by atoms with Crippen LogP contribution in [-0.4, -0.2) is 9.97 Å². The Hall–Kier alpha value is -2.15. The van der Waals surface area contributed by atoms with Gasteiger partial charge in [0.15, 0.2) is 0 Å². The van der Waals surface area contributed by atoms with Gasteiger partial charge in [-0.3, -0.25) is 0 Å². The van der Waals surface area contributed by atoms with Gasteiger partial charge in [0.1, 0.15) is 11.6 Å². The van der Waals surface area contributed by atoms with Crippen molar-refractivity contribution in [3.8, 4) is 0 Å². The summed E-state index contributed by atoms with van der Waals surface area (Å²) < 4.78 is 51.2. The number of imidazole rings is 1. The lowest BCUT2D eigenvalue weighted by molar-refractivity contribution is -0.137. The molecule has 0 amide bonds. The highest BCUT2D eigenvalue weighted by atomic mass is 79.9. The van der Waals surface area contributed by atoms with Gasteiger partial charge in [0.25, 0.3) is 0 Å². The van der Waals surface area contributed by atoms with E-state index in [1.54, 1.807) is 18.2 Å². The molecule has 1 heterocycles. The van der Waals surface area contributed by atoms with Crippen LogP contribution in [0.2, 0.25) is 0 Å². The van der Waals surface area contributed by atoms with Crippen LogP contribution in [0.25, 0.3) is 23.2 Å². The highest BCUT2D eigenvalue weighted by molar-refractivity contribution is 9.10. The molecular weight excluding hydrogens is 376 g/mol. The summed E-state index contributed by atoms with van der Waals surface area (Å²) in [5.74, 6) is 0.0804. The number of benzene rings is 2. The van der Waals surface area contributed by atoms with Crippen molar-refractivity contribution in [2.75, 3.05) is 0 Å². The molecule has 0 aliphatic carbocycles. The molecular formula is C16H9BrF4N2. The van der Waals surface area contributed by atoms with Crippen LogP contribution in [0, 0.1) is 5.82 Å². The Morgan fingerprint density at radius 3 is 2.39 bits per heavy atom. The SMILES string of the molecule is Fc1cc2[nH]c(/C=C/c3ccc(C(F)(F)F)cc3)nc2cc1Br. The smallest absolute Gasteiger partial charge is 0.338 e. The van der Waals surface area contributed by atoms with Gasteiger partial charge in [-0.15, -0.1) is 0 Å². The topological polar surface area (TPSA) is 28.7 Å². The number of halogens is 5. The molecule has 3 rings (SSSR count). The van der Waals surface area contributed by atoms with Crippen molar-refractivity contribution in [2.24, 2.45) is 0 Å². The van der Waals surface area contributed by atoms with E-state index >= 15 is 0 Å². The molecule has 2 aromatic carbocycles. The standard InChI is InChI=1S/C16H9BrF4N2/c17-11-7-13-14(8-12(11)18)23-15(22-13)6-3-9-1-4-10(5-2-9)16(19,20)21/h1-8H,(H,22,23)/b6-3+. The van der Waals surface area contributed by atoms with Gasteiger partial charge in [0.2, 0.25) is 0 Å². The molecule has 0 bridgehead atoms. The zero-order valence-corrected chi connectivity index (χ0v) is 13.0. The van der Waals surface area contributed by atoms with Crippen LogP contribution < -0.4 is 0 Å². The predicted molar refractivity (Wildman–Crippen MR) is 84.1 cm³/mol. The first-order chi connectivity index (χ1) is 10.8. The number of hydrogen-bond acceptors (Lipinski definition) is 1. The molecule has 23 heavy (non-hydrogen) atoms. The molecule has 118 valence electrons. The fraction of sp³-hybridized carbons (Fsp3) is 0.0625. The minimum absolute atomic E-state index is 0.315. The van der Waals surface area contributed by atoms with Crippen molar-refractivity contribution in [1.82, 2.24) is 9.97 Å². The molecule has 1 N–H and O–H groups in total. The van der Waals surface area contributed by atoms with Gasteiger partial charge in [0.05, 0.1) is 21.1 Å². The van der Waals surface area contributed by atoms with E-state index in [4.69, 9.17) is 0 Å². The molecule has 0 aliphatic heterocycles. The van der Waals surface area contributed by atoms with E-state index in [0.29, 0.717) is 26.9 Å². The molecule has 0 fully saturated rings. The van der Waals surface area contributed by atoms with Crippen molar-refractivity contribution in [3.05, 3.63) is 63.6 Å². The quantitative estimate of drug-likeness (QED) is 0.567. The Morgan fingerprint density at radius 1 is 1.04 bits per heavy atom. The maximum atomic E-state index is 13.4. The first kappa shape index (κ1) is 15.7. The summed E-state index contributed by atoms with van der Waals surface area (Å²) in [4.78, 5) is 7.20. The second kappa shape index (κ2) is 5.81. The molecule has 7 heteroatoms. The molecule has 0 radical (unpaired) electrons. The minimum Gasteiger partial charge on any atom is -0.338 e. The lowest BCUT2D eigenvalue weighted by Crippen LogP contribution is -2.03. The van der Waals surface area contributed by atoms with Gasteiger partial charge in [-0.25, -0.2) is 9.37 Å². The maximum absolute atomic E-state index is 13.4. The van der Waals surface area contributed by atoms with E-state index in [0.717, 1.165) is 12.1 Å². The number of nitrogens with one attached hydrogen (secondary N) is 1. The average molecular weight is 385 g/mol. The predicted octanol–water partition coefficient (Wildman–Crippen LogP) is 5.65. The number of nitrogens with zero attached hydrogens (tertiary/aromatic N) is 1. The number of H-pyrrole nitrogens is 1. The van der Waals surface area contributed by atoms with Gasteiger partial charge in [-0.2, -0.15) is 13.2 Å². The van der Waals surface area contributed by atoms with Gasteiger partial charge >= 0.3 is 6.18 Å². The lowest BCUT2D eigenvalue weighted by Gasteiger charge is -2.05. The van der Waals surface area contributed by atoms with Crippen LogP contribution in [0.5, 0.6) is 0 Å². The van der Waals surface area contributed by atoms with E-state index in [-0.39, 0.29) is 0 Å². The first-order valence-corrected chi connectivity index (χ1v) is 7.32. The zero-order chi connectivity index (χ0) is 16.6. The Labute approximate surface area is 137 Å². The Kier molecular flexibility index (Phi) is 3.97. The van der Waals surface area contributed by atoms with Crippen molar-refractivity contribution >= 4 is 39.1 Å². The molecule has 2 nitrogen and oxygen atoms in total. The number of aromatic amines is 1. The van der Waals surface area contributed by atoms with Crippen LogP contribution in [0.4, 0.5) is 17.6 Å². The maximum Gasteiger partial charge on any atom is 0.416 e. The number of rotatable bonds is 2. The summed E-state index contributed by atoms with van der Waals surface area (Å²) in [5.41, 5.74) is 1.03. The lowest BCUT2D eigenvalue weighted by atomic mass is 10.1. The van der Waals surface area contributed by atoms with E-state index in [1.165, 1.54) is 18.2 Å². The van der Waals surface area contributed by atoms with E-state index < -0.39 is 17.6 Å². The molecule has 0 unspecified atom stereocenters. The summed E-state index contributed by atoms with van der Waals surface area (Å²) in [6.45, 7) is 0. The molecule has 0 spiro atoms. The van der Waals surface area contributed by atoms with Gasteiger partial charge < -0.3 is 4.98 Å². The summed E-state index contributed by atoms with van der Waals surface area (Å²) in [5, 5.41) is 0. The molecule has 3 aromatic rings. The fourth-order valence-corrected chi connectivity index (χ4v) is 2.39. The van der Waals surface area contributed by atoms with E-state index in [2.05, 4.69) is 25.9 Å². The van der Waals surface area contributed by atoms with Crippen LogP contribution in [0.15, 0.2) is 40.9 Å². The molecule has 0 aliphatic rings. The summed E-state index contributed by atoms with van der Waals surface area (Å²) >= 11 is 3.09. The van der Waals surface area contributed by atoms with Crippen molar-refractivity contribution < 1.29 is 17.6 Å². The molecule has 1 aromatic heterocycles. The van der Waals surface area contributed by atoms with Crippen molar-refractivity contribution in [2.45, 2.75) is 6.18 Å². The van der Waals surface area contributed by atoms with Crippen molar-refractivity contribution in [1.29, 1.82) is 0 Å². The largest absolute Gasteiger partial charge is 0.416 e. The summed E-state index contributed by atoms with van der Waals surface area (Å²) in [6.07, 6.45) is -1.10. The third kappa shape index (κ3) is 3.44. The first-order valence-electron chi connectivity index (χ1n) is 6.53. The normalized spacial score (nSPS) is 12.4. The van der Waals surface area contributed by atoms with Crippen LogP contribution in [-0.2, 0) is 6.18 Å². The van der Waals surface area contributed by atoms with Gasteiger partial charge in [-0.05, 0) is 45.8 Å². The molecule has 0 saturated heterocycles. The van der Waals surface area contributed by atoms with Crippen LogP contribution >= 0.6 is 15.9 Å². The third-order valence-corrected chi connectivity index (χ3v) is 3.82. The Morgan fingerprint density at radius 2 is 1.74 bits per heavy atom. The van der Waals surface area contributed by atoms with E-state index in [9.17, 15) is 17.6 Å². The zero-order valence-electron chi connectivity index (χ0n) is 11.5. The second-order valence-corrected chi connectivity index (χ2v) is 5.71. The Bertz CT molecular complexity index is 840. The minimum atomic E-state index is -4.35.